The lowest BCUT2D eigenvalue weighted by atomic mass is 9.90. The van der Waals surface area contributed by atoms with Crippen molar-refractivity contribution in [2.75, 3.05) is 6.54 Å². The summed E-state index contributed by atoms with van der Waals surface area (Å²) in [6.45, 7) is 1.04. The lowest BCUT2D eigenvalue weighted by Crippen LogP contribution is -2.41. The van der Waals surface area contributed by atoms with Gasteiger partial charge in [-0.15, -0.1) is 0 Å². The molecule has 24 heavy (non-hydrogen) atoms. The van der Waals surface area contributed by atoms with Gasteiger partial charge in [0.1, 0.15) is 5.75 Å². The zero-order chi connectivity index (χ0) is 16.1. The molecule has 2 atom stereocenters. The predicted molar refractivity (Wildman–Crippen MR) is 97.6 cm³/mol. The summed E-state index contributed by atoms with van der Waals surface area (Å²) in [5.41, 5.74) is 2.42. The maximum absolute atomic E-state index is 6.60. The molecule has 0 unspecified atom stereocenters. The Bertz CT molecular complexity index is 923. The number of ether oxygens (including phenoxy) is 1. The molecule has 0 aromatic heterocycles. The topological polar surface area (TPSA) is 12.5 Å². The second-order valence-corrected chi connectivity index (χ2v) is 6.98. The average molecular weight is 336 g/mol. The first-order valence-corrected chi connectivity index (χ1v) is 8.89. The fraction of sp³-hybridized carbons (Fsp3) is 0.238. The van der Waals surface area contributed by atoms with Crippen LogP contribution < -0.4 is 4.74 Å². The Balaban J connectivity index is 1.81. The Kier molecular flexibility index (Phi) is 3.29. The molecule has 2 nitrogen and oxygen atoms in total. The van der Waals surface area contributed by atoms with Crippen molar-refractivity contribution in [2.45, 2.75) is 25.1 Å². The van der Waals surface area contributed by atoms with Gasteiger partial charge in [-0.2, -0.15) is 0 Å². The number of nitrogens with zero attached hydrogens (tertiary/aromatic N) is 1. The highest BCUT2D eigenvalue weighted by Crippen LogP contribution is 2.48. The van der Waals surface area contributed by atoms with Gasteiger partial charge in [-0.25, -0.2) is 0 Å². The molecule has 0 spiro atoms. The molecular formula is C21H18ClNO. The summed E-state index contributed by atoms with van der Waals surface area (Å²) in [4.78, 5) is 2.47. The minimum atomic E-state index is 0.153. The van der Waals surface area contributed by atoms with E-state index in [-0.39, 0.29) is 12.3 Å². The van der Waals surface area contributed by atoms with Gasteiger partial charge in [0.2, 0.25) is 0 Å². The molecule has 0 N–H and O–H groups in total. The third-order valence-electron chi connectivity index (χ3n) is 5.24. The van der Waals surface area contributed by atoms with E-state index in [1.165, 1.54) is 21.9 Å². The van der Waals surface area contributed by atoms with Crippen molar-refractivity contribution in [2.24, 2.45) is 0 Å². The largest absolute Gasteiger partial charge is 0.475 e. The highest BCUT2D eigenvalue weighted by atomic mass is 35.5. The Morgan fingerprint density at radius 3 is 2.71 bits per heavy atom. The smallest absolute Gasteiger partial charge is 0.153 e. The van der Waals surface area contributed by atoms with Crippen molar-refractivity contribution < 1.29 is 4.74 Å². The van der Waals surface area contributed by atoms with Crippen LogP contribution in [0.5, 0.6) is 5.75 Å². The first-order chi connectivity index (χ1) is 11.8. The molecule has 0 radical (unpaired) electrons. The van der Waals surface area contributed by atoms with Gasteiger partial charge in [-0.05, 0) is 41.3 Å². The minimum Gasteiger partial charge on any atom is -0.475 e. The first-order valence-electron chi connectivity index (χ1n) is 8.51. The predicted octanol–water partition coefficient (Wildman–Crippen LogP) is 5.40. The molecule has 2 aliphatic rings. The van der Waals surface area contributed by atoms with Gasteiger partial charge in [0.05, 0.1) is 6.04 Å². The molecule has 120 valence electrons. The Hall–Kier alpha value is -2.03. The van der Waals surface area contributed by atoms with Gasteiger partial charge in [-0.1, -0.05) is 60.1 Å². The van der Waals surface area contributed by atoms with E-state index in [2.05, 4.69) is 53.4 Å². The third-order valence-corrected chi connectivity index (χ3v) is 5.58. The van der Waals surface area contributed by atoms with Gasteiger partial charge >= 0.3 is 0 Å². The normalized spacial score (nSPS) is 22.9. The molecule has 1 fully saturated rings. The van der Waals surface area contributed by atoms with Crippen molar-refractivity contribution in [3.05, 3.63) is 76.8 Å². The minimum absolute atomic E-state index is 0.153. The summed E-state index contributed by atoms with van der Waals surface area (Å²) in [6, 6.07) is 21.2. The molecule has 0 aliphatic carbocycles. The lowest BCUT2D eigenvalue weighted by molar-refractivity contribution is 0.0176. The van der Waals surface area contributed by atoms with E-state index in [9.17, 15) is 0 Å². The second-order valence-electron chi connectivity index (χ2n) is 6.58. The Morgan fingerprint density at radius 1 is 0.958 bits per heavy atom. The number of fused-ring (bicyclic) bond motifs is 4. The fourth-order valence-electron chi connectivity index (χ4n) is 4.18. The second kappa shape index (κ2) is 5.51. The number of hydrogen-bond donors (Lipinski definition) is 0. The third kappa shape index (κ3) is 2.07. The Morgan fingerprint density at radius 2 is 1.79 bits per heavy atom. The Labute approximate surface area is 146 Å². The van der Waals surface area contributed by atoms with Gasteiger partial charge in [-0.3, -0.25) is 4.90 Å². The number of benzene rings is 3. The van der Waals surface area contributed by atoms with Gasteiger partial charge in [0.15, 0.2) is 6.23 Å². The molecule has 3 aromatic carbocycles. The molecular weight excluding hydrogens is 318 g/mol. The molecule has 2 aliphatic heterocycles. The van der Waals surface area contributed by atoms with E-state index in [0.717, 1.165) is 30.2 Å². The van der Waals surface area contributed by atoms with E-state index in [4.69, 9.17) is 16.3 Å². The van der Waals surface area contributed by atoms with Gasteiger partial charge in [0.25, 0.3) is 0 Å². The van der Waals surface area contributed by atoms with E-state index in [0.29, 0.717) is 0 Å². The van der Waals surface area contributed by atoms with Crippen molar-refractivity contribution in [1.82, 2.24) is 4.90 Å². The van der Waals surface area contributed by atoms with E-state index >= 15 is 0 Å². The number of hydrogen-bond acceptors (Lipinski definition) is 2. The van der Waals surface area contributed by atoms with E-state index in [1.54, 1.807) is 0 Å². The van der Waals surface area contributed by atoms with Crippen LogP contribution in [0.25, 0.3) is 10.8 Å². The van der Waals surface area contributed by atoms with Crippen molar-refractivity contribution >= 4 is 22.4 Å². The SMILES string of the molecule is Clc1ccccc1[C@@H]1c2c(ccc3ccccc23)O[C@H]2CCCN12. The molecule has 2 heterocycles. The maximum Gasteiger partial charge on any atom is 0.153 e. The molecule has 0 bridgehead atoms. The van der Waals surface area contributed by atoms with Crippen molar-refractivity contribution in [3.8, 4) is 5.75 Å². The van der Waals surface area contributed by atoms with Gasteiger partial charge < -0.3 is 4.74 Å². The summed E-state index contributed by atoms with van der Waals surface area (Å²) in [7, 11) is 0. The quantitative estimate of drug-likeness (QED) is 0.590. The summed E-state index contributed by atoms with van der Waals surface area (Å²) >= 11 is 6.60. The zero-order valence-corrected chi connectivity index (χ0v) is 14.0. The highest BCUT2D eigenvalue weighted by molar-refractivity contribution is 6.31. The van der Waals surface area contributed by atoms with Crippen LogP contribution in [0, 0.1) is 0 Å². The first kappa shape index (κ1) is 14.3. The van der Waals surface area contributed by atoms with Crippen LogP contribution in [0.4, 0.5) is 0 Å². The van der Waals surface area contributed by atoms with Crippen LogP contribution in [-0.2, 0) is 0 Å². The summed E-state index contributed by atoms with van der Waals surface area (Å²) in [5, 5.41) is 3.33. The molecule has 5 rings (SSSR count). The molecule has 1 saturated heterocycles. The van der Waals surface area contributed by atoms with Crippen LogP contribution in [0.15, 0.2) is 60.7 Å². The lowest BCUT2D eigenvalue weighted by Gasteiger charge is -2.40. The maximum atomic E-state index is 6.60. The summed E-state index contributed by atoms with van der Waals surface area (Å²) < 4.78 is 6.34. The fourth-order valence-corrected chi connectivity index (χ4v) is 4.42. The zero-order valence-electron chi connectivity index (χ0n) is 13.3. The van der Waals surface area contributed by atoms with Crippen molar-refractivity contribution in [3.63, 3.8) is 0 Å². The van der Waals surface area contributed by atoms with Crippen LogP contribution >= 0.6 is 11.6 Å². The van der Waals surface area contributed by atoms with Crippen LogP contribution in [0.3, 0.4) is 0 Å². The standard InChI is InChI=1S/C21H18ClNO/c22-17-9-4-3-8-16(17)21-20-15-7-2-1-6-14(15)11-12-18(20)24-19-10-5-13-23(19)21/h1-4,6-9,11-12,19,21H,5,10,13H2/t19-,21+/m0/s1. The molecule has 3 aromatic rings. The molecule has 0 saturated carbocycles. The van der Waals surface area contributed by atoms with Crippen molar-refractivity contribution in [1.29, 1.82) is 0 Å². The molecule has 0 amide bonds. The van der Waals surface area contributed by atoms with Crippen LogP contribution in [-0.4, -0.2) is 17.7 Å². The van der Waals surface area contributed by atoms with Crippen LogP contribution in [0.1, 0.15) is 30.0 Å². The molecule has 3 heteroatoms. The average Bonchev–Trinajstić information content (AvgIpc) is 3.08. The number of rotatable bonds is 1. The van der Waals surface area contributed by atoms with E-state index in [1.807, 2.05) is 12.1 Å². The summed E-state index contributed by atoms with van der Waals surface area (Å²) in [5.74, 6) is 1.00. The van der Waals surface area contributed by atoms with Gasteiger partial charge in [0, 0.05) is 17.1 Å². The van der Waals surface area contributed by atoms with Crippen LogP contribution in [0.2, 0.25) is 5.02 Å². The summed E-state index contributed by atoms with van der Waals surface area (Å²) in [6.07, 6.45) is 2.39. The number of halogens is 1. The van der Waals surface area contributed by atoms with E-state index < -0.39 is 0 Å². The monoisotopic (exact) mass is 335 g/mol. The highest BCUT2D eigenvalue weighted by Gasteiger charge is 2.40.